The lowest BCUT2D eigenvalue weighted by atomic mass is 10.1. The fourth-order valence-corrected chi connectivity index (χ4v) is 3.23. The van der Waals surface area contributed by atoms with Crippen LogP contribution in [-0.4, -0.2) is 67.7 Å². The van der Waals surface area contributed by atoms with E-state index in [1.54, 1.807) is 39.8 Å². The molecular weight excluding hydrogens is 552 g/mol. The first kappa shape index (κ1) is 37.7. The van der Waals surface area contributed by atoms with E-state index < -0.39 is 16.9 Å². The second-order valence-electron chi connectivity index (χ2n) is 9.61. The van der Waals surface area contributed by atoms with Crippen molar-refractivity contribution in [1.29, 1.82) is 0 Å². The van der Waals surface area contributed by atoms with Gasteiger partial charge in [-0.2, -0.15) is 0 Å². The minimum absolute atomic E-state index is 0.0199. The van der Waals surface area contributed by atoms with E-state index in [9.17, 15) is 19.7 Å². The van der Waals surface area contributed by atoms with Crippen LogP contribution in [0, 0.1) is 10.1 Å². The van der Waals surface area contributed by atoms with Crippen LogP contribution in [-0.2, 0) is 9.47 Å². The highest BCUT2D eigenvalue weighted by molar-refractivity contribution is 5.92. The molecule has 0 saturated heterocycles. The first-order chi connectivity index (χ1) is 19.6. The van der Waals surface area contributed by atoms with Gasteiger partial charge >= 0.3 is 17.6 Å². The standard InChI is InChI=1S/C14H19NO6.C14H21NO4.CH4O/c1-8(2)20-11-6-10(14(16)19-5)7-12(21-9(3)4)13(11)15(17)18;1-8(2)18-11-6-10(14(16)17-5)7-12(13(11)15)19-9(3)4;1-2/h6-9H,1-5H3;6-9H,15H2,1-5H3;2H,1H3. The maximum atomic E-state index is 11.7. The number of benzene rings is 2. The number of nitrogens with zero attached hydrogens (tertiary/aromatic N) is 1. The minimum Gasteiger partial charge on any atom is -0.489 e. The number of ether oxygens (including phenoxy) is 6. The maximum absolute atomic E-state index is 11.7. The number of methoxy groups -OCH3 is 2. The summed E-state index contributed by atoms with van der Waals surface area (Å²) in [7, 11) is 3.56. The van der Waals surface area contributed by atoms with E-state index in [2.05, 4.69) is 4.74 Å². The average Bonchev–Trinajstić information content (AvgIpc) is 2.89. The van der Waals surface area contributed by atoms with Crippen LogP contribution in [0.4, 0.5) is 11.4 Å². The number of hydrogen-bond donors (Lipinski definition) is 2. The number of nitrogens with two attached hydrogens (primary N) is 1. The average molecular weight is 597 g/mol. The largest absolute Gasteiger partial charge is 0.489 e. The number of hydrogen-bond acceptors (Lipinski definition) is 12. The third kappa shape index (κ3) is 12.1. The SMILES string of the molecule is CO.COC(=O)c1cc(OC(C)C)c(N)c(OC(C)C)c1.COC(=O)c1cc(OC(C)C)c([N+](=O)[O-])c(OC(C)C)c1. The van der Waals surface area contributed by atoms with Crippen LogP contribution in [0.1, 0.15) is 76.1 Å². The molecule has 2 aromatic carbocycles. The minimum atomic E-state index is -0.618. The van der Waals surface area contributed by atoms with Crippen LogP contribution >= 0.6 is 0 Å². The number of anilines is 1. The van der Waals surface area contributed by atoms with E-state index in [-0.39, 0.29) is 47.2 Å². The van der Waals surface area contributed by atoms with Crippen LogP contribution in [0.3, 0.4) is 0 Å². The molecule has 13 heteroatoms. The summed E-state index contributed by atoms with van der Waals surface area (Å²) in [6.07, 6.45) is -0.684. The van der Waals surface area contributed by atoms with Gasteiger partial charge in [0.15, 0.2) is 0 Å². The molecule has 13 nitrogen and oxygen atoms in total. The van der Waals surface area contributed by atoms with E-state index in [1.807, 2.05) is 27.7 Å². The quantitative estimate of drug-likeness (QED) is 0.150. The molecule has 0 atom stereocenters. The third-order valence-corrected chi connectivity index (χ3v) is 4.62. The fraction of sp³-hybridized carbons (Fsp3) is 0.517. The van der Waals surface area contributed by atoms with Crippen molar-refractivity contribution in [2.24, 2.45) is 0 Å². The molecule has 0 amide bonds. The number of nitro benzene ring substituents is 1. The number of carbonyl (C=O) groups is 2. The van der Waals surface area contributed by atoms with Crippen molar-refractivity contribution in [2.45, 2.75) is 79.8 Å². The molecule has 0 aliphatic heterocycles. The van der Waals surface area contributed by atoms with Gasteiger partial charge in [0.05, 0.1) is 54.7 Å². The summed E-state index contributed by atoms with van der Waals surface area (Å²) in [5.74, 6) is -0.265. The highest BCUT2D eigenvalue weighted by Gasteiger charge is 2.27. The molecule has 2 aromatic rings. The number of aliphatic hydroxyl groups is 1. The smallest absolute Gasteiger partial charge is 0.352 e. The summed E-state index contributed by atoms with van der Waals surface area (Å²) in [5.41, 5.74) is 6.56. The van der Waals surface area contributed by atoms with Crippen molar-refractivity contribution >= 4 is 23.3 Å². The Labute approximate surface area is 246 Å². The number of rotatable bonds is 11. The van der Waals surface area contributed by atoms with Gasteiger partial charge in [-0.05, 0) is 67.5 Å². The second-order valence-corrected chi connectivity index (χ2v) is 9.61. The molecule has 0 aliphatic rings. The lowest BCUT2D eigenvalue weighted by Gasteiger charge is -2.18. The van der Waals surface area contributed by atoms with Crippen molar-refractivity contribution in [3.8, 4) is 23.0 Å². The molecule has 0 aliphatic carbocycles. The molecule has 0 aromatic heterocycles. The van der Waals surface area contributed by atoms with E-state index in [0.29, 0.717) is 22.7 Å². The molecule has 236 valence electrons. The number of nitrogen functional groups attached to an aromatic ring is 1. The van der Waals surface area contributed by atoms with Gasteiger partial charge in [-0.15, -0.1) is 0 Å². The molecule has 0 radical (unpaired) electrons. The Morgan fingerprint density at radius 2 is 0.929 bits per heavy atom. The van der Waals surface area contributed by atoms with Crippen LogP contribution in [0.25, 0.3) is 0 Å². The van der Waals surface area contributed by atoms with Crippen LogP contribution < -0.4 is 24.7 Å². The zero-order valence-corrected chi connectivity index (χ0v) is 26.2. The maximum Gasteiger partial charge on any atom is 0.352 e. The molecule has 0 unspecified atom stereocenters. The predicted molar refractivity (Wildman–Crippen MR) is 158 cm³/mol. The second kappa shape index (κ2) is 18.2. The molecule has 0 spiro atoms. The molecule has 0 fully saturated rings. The molecule has 0 heterocycles. The lowest BCUT2D eigenvalue weighted by molar-refractivity contribution is -0.387. The van der Waals surface area contributed by atoms with Gasteiger partial charge in [0.25, 0.3) is 0 Å². The van der Waals surface area contributed by atoms with Gasteiger partial charge in [0.2, 0.25) is 11.5 Å². The van der Waals surface area contributed by atoms with Crippen molar-refractivity contribution in [1.82, 2.24) is 0 Å². The molecule has 42 heavy (non-hydrogen) atoms. The van der Waals surface area contributed by atoms with Gasteiger partial charge in [-0.3, -0.25) is 10.1 Å². The first-order valence-corrected chi connectivity index (χ1v) is 13.1. The predicted octanol–water partition coefficient (Wildman–Crippen LogP) is 5.19. The first-order valence-electron chi connectivity index (χ1n) is 13.1. The zero-order chi connectivity index (χ0) is 32.7. The molecule has 2 rings (SSSR count). The number of aliphatic hydroxyl groups excluding tert-OH is 1. The Kier molecular flexibility index (Phi) is 16.4. The van der Waals surface area contributed by atoms with Crippen molar-refractivity contribution in [3.05, 3.63) is 45.5 Å². The highest BCUT2D eigenvalue weighted by atomic mass is 16.6. The highest BCUT2D eigenvalue weighted by Crippen LogP contribution is 2.39. The van der Waals surface area contributed by atoms with Gasteiger partial charge in [0.1, 0.15) is 17.2 Å². The van der Waals surface area contributed by atoms with E-state index >= 15 is 0 Å². The molecule has 3 N–H and O–H groups in total. The van der Waals surface area contributed by atoms with Crippen LogP contribution in [0.5, 0.6) is 23.0 Å². The van der Waals surface area contributed by atoms with Gasteiger partial charge in [-0.1, -0.05) is 0 Å². The van der Waals surface area contributed by atoms with Gasteiger partial charge in [-0.25, -0.2) is 9.59 Å². The summed E-state index contributed by atoms with van der Waals surface area (Å²) in [4.78, 5) is 34.0. The summed E-state index contributed by atoms with van der Waals surface area (Å²) < 4.78 is 31.4. The Morgan fingerprint density at radius 3 is 1.17 bits per heavy atom. The Balaban J connectivity index is 0.000000759. The van der Waals surface area contributed by atoms with Crippen molar-refractivity contribution < 1.29 is 48.0 Å². The lowest BCUT2D eigenvalue weighted by Crippen LogP contribution is -2.13. The Morgan fingerprint density at radius 1 is 0.667 bits per heavy atom. The number of esters is 2. The Hall–Kier alpha value is -4.26. The van der Waals surface area contributed by atoms with Crippen molar-refractivity contribution in [3.63, 3.8) is 0 Å². The topological polar surface area (TPSA) is 179 Å². The van der Waals surface area contributed by atoms with E-state index in [4.69, 9.17) is 34.5 Å². The Bertz CT molecular complexity index is 1120. The fourth-order valence-electron chi connectivity index (χ4n) is 3.23. The van der Waals surface area contributed by atoms with Crippen LogP contribution in [0.2, 0.25) is 0 Å². The number of carbonyl (C=O) groups excluding carboxylic acids is 2. The summed E-state index contributed by atoms with van der Waals surface area (Å²) in [5, 5.41) is 18.3. The third-order valence-electron chi connectivity index (χ3n) is 4.62. The van der Waals surface area contributed by atoms with Gasteiger partial charge < -0.3 is 39.3 Å². The van der Waals surface area contributed by atoms with Crippen LogP contribution in [0.15, 0.2) is 24.3 Å². The zero-order valence-electron chi connectivity index (χ0n) is 26.2. The van der Waals surface area contributed by atoms with Crippen molar-refractivity contribution in [2.75, 3.05) is 27.1 Å². The summed E-state index contributed by atoms with van der Waals surface area (Å²) in [6, 6.07) is 5.71. The molecular formula is C29H44N2O11. The molecule has 0 saturated carbocycles. The summed E-state index contributed by atoms with van der Waals surface area (Å²) in [6.45, 7) is 14.5. The molecule has 0 bridgehead atoms. The normalized spacial score (nSPS) is 10.3. The van der Waals surface area contributed by atoms with E-state index in [1.165, 1.54) is 26.4 Å². The van der Waals surface area contributed by atoms with Gasteiger partial charge in [0, 0.05) is 19.2 Å². The number of nitro groups is 1. The summed E-state index contributed by atoms with van der Waals surface area (Å²) >= 11 is 0. The monoisotopic (exact) mass is 596 g/mol. The van der Waals surface area contributed by atoms with E-state index in [0.717, 1.165) is 7.11 Å².